The van der Waals surface area contributed by atoms with Crippen molar-refractivity contribution in [2.24, 2.45) is 0 Å². The number of hydrogen-bond acceptors (Lipinski definition) is 3. The molecule has 0 spiro atoms. The fraction of sp³-hybridized carbons (Fsp3) is 0.409. The van der Waals surface area contributed by atoms with Gasteiger partial charge in [0.15, 0.2) is 6.04 Å². The Bertz CT molecular complexity index is 784. The fourth-order valence-electron chi connectivity index (χ4n) is 3.98. The summed E-state index contributed by atoms with van der Waals surface area (Å²) in [5, 5.41) is 3.09. The largest absolute Gasteiger partial charge is 0.378 e. The number of carbonyl (C=O) groups is 1. The van der Waals surface area contributed by atoms with Gasteiger partial charge in [0, 0.05) is 36.4 Å². The van der Waals surface area contributed by atoms with E-state index in [4.69, 9.17) is 4.74 Å². The predicted molar refractivity (Wildman–Crippen MR) is 107 cm³/mol. The zero-order chi connectivity index (χ0) is 18.6. The first-order chi connectivity index (χ1) is 13.2. The lowest BCUT2D eigenvalue weighted by Crippen LogP contribution is -3.16. The molecule has 1 amide bonds. The molecule has 27 heavy (non-hydrogen) atoms. The lowest BCUT2D eigenvalue weighted by atomic mass is 9.99. The van der Waals surface area contributed by atoms with Crippen LogP contribution < -0.4 is 15.1 Å². The summed E-state index contributed by atoms with van der Waals surface area (Å²) in [7, 11) is 0. The molecule has 2 N–H and O–H groups in total. The SMILES string of the molecule is C[C@H](C(=O)Nc1ccc(N2CCOCC2)cc1)[NH+]1CCc2ccccc2C1. The number of anilines is 2. The zero-order valence-electron chi connectivity index (χ0n) is 15.9. The van der Waals surface area contributed by atoms with E-state index in [0.29, 0.717) is 0 Å². The Morgan fingerprint density at radius 3 is 2.52 bits per heavy atom. The Balaban J connectivity index is 1.36. The second kappa shape index (κ2) is 8.11. The quantitative estimate of drug-likeness (QED) is 0.862. The number of nitrogens with one attached hydrogen (secondary N) is 2. The summed E-state index contributed by atoms with van der Waals surface area (Å²) in [6, 6.07) is 16.6. The van der Waals surface area contributed by atoms with E-state index < -0.39 is 0 Å². The molecule has 1 unspecified atom stereocenters. The standard InChI is InChI=1S/C22H27N3O2/c1-17(25-11-10-18-4-2-3-5-19(18)16-25)22(26)23-20-6-8-21(9-7-20)24-12-14-27-15-13-24/h2-9,17H,10-16H2,1H3,(H,23,26)/p+1/t17-/m1/s1. The molecule has 0 radical (unpaired) electrons. The topological polar surface area (TPSA) is 46.0 Å². The van der Waals surface area contributed by atoms with E-state index in [1.165, 1.54) is 21.7 Å². The number of quaternary nitrogens is 1. The van der Waals surface area contributed by atoms with Gasteiger partial charge in [-0.2, -0.15) is 0 Å². The third kappa shape index (κ3) is 4.15. The smallest absolute Gasteiger partial charge is 0.282 e. The normalized spacial score (nSPS) is 20.6. The molecule has 2 aromatic rings. The van der Waals surface area contributed by atoms with Gasteiger partial charge < -0.3 is 19.9 Å². The molecule has 1 saturated heterocycles. The minimum atomic E-state index is -0.0720. The summed E-state index contributed by atoms with van der Waals surface area (Å²) in [6.45, 7) is 7.34. The molecule has 142 valence electrons. The number of hydrogen-bond donors (Lipinski definition) is 2. The van der Waals surface area contributed by atoms with Crippen LogP contribution >= 0.6 is 0 Å². The summed E-state index contributed by atoms with van der Waals surface area (Å²) in [5.41, 5.74) is 4.84. The highest BCUT2D eigenvalue weighted by atomic mass is 16.5. The van der Waals surface area contributed by atoms with Gasteiger partial charge in [0.05, 0.1) is 19.8 Å². The van der Waals surface area contributed by atoms with Crippen LogP contribution in [0.1, 0.15) is 18.1 Å². The third-order valence-corrected chi connectivity index (χ3v) is 5.77. The Labute approximate surface area is 160 Å². The summed E-state index contributed by atoms with van der Waals surface area (Å²) < 4.78 is 5.40. The maximum Gasteiger partial charge on any atom is 0.282 e. The molecular formula is C22H28N3O2+. The maximum atomic E-state index is 12.8. The van der Waals surface area contributed by atoms with Crippen molar-refractivity contribution in [3.63, 3.8) is 0 Å². The van der Waals surface area contributed by atoms with Crippen LogP contribution in [0.25, 0.3) is 0 Å². The van der Waals surface area contributed by atoms with Gasteiger partial charge >= 0.3 is 0 Å². The van der Waals surface area contributed by atoms with Crippen molar-refractivity contribution in [1.29, 1.82) is 0 Å². The van der Waals surface area contributed by atoms with Gasteiger partial charge in [0.1, 0.15) is 6.54 Å². The Hall–Kier alpha value is -2.37. The number of amides is 1. The highest BCUT2D eigenvalue weighted by Gasteiger charge is 2.28. The van der Waals surface area contributed by atoms with E-state index in [9.17, 15) is 4.79 Å². The molecule has 2 aromatic carbocycles. The molecule has 0 bridgehead atoms. The van der Waals surface area contributed by atoms with Gasteiger partial charge in [-0.1, -0.05) is 24.3 Å². The van der Waals surface area contributed by atoms with Crippen LogP contribution in [-0.4, -0.2) is 44.8 Å². The first-order valence-electron chi connectivity index (χ1n) is 9.86. The van der Waals surface area contributed by atoms with Crippen molar-refractivity contribution in [2.75, 3.05) is 43.1 Å². The molecule has 5 nitrogen and oxygen atoms in total. The van der Waals surface area contributed by atoms with Crippen molar-refractivity contribution in [3.8, 4) is 0 Å². The lowest BCUT2D eigenvalue weighted by molar-refractivity contribution is -0.929. The van der Waals surface area contributed by atoms with Crippen LogP contribution in [0.15, 0.2) is 48.5 Å². The van der Waals surface area contributed by atoms with Crippen LogP contribution in [0.5, 0.6) is 0 Å². The molecule has 5 heteroatoms. The molecule has 2 aliphatic heterocycles. The van der Waals surface area contributed by atoms with E-state index in [0.717, 1.165) is 51.5 Å². The van der Waals surface area contributed by atoms with E-state index >= 15 is 0 Å². The van der Waals surface area contributed by atoms with E-state index in [1.807, 2.05) is 19.1 Å². The summed E-state index contributed by atoms with van der Waals surface area (Å²) in [4.78, 5) is 16.4. The minimum absolute atomic E-state index is 0.0720. The third-order valence-electron chi connectivity index (χ3n) is 5.77. The number of fused-ring (bicyclic) bond motifs is 1. The van der Waals surface area contributed by atoms with Crippen LogP contribution in [0.3, 0.4) is 0 Å². The molecule has 0 saturated carbocycles. The molecule has 0 aromatic heterocycles. The van der Waals surface area contributed by atoms with E-state index in [-0.39, 0.29) is 11.9 Å². The Morgan fingerprint density at radius 2 is 1.78 bits per heavy atom. The second-order valence-electron chi connectivity index (χ2n) is 7.46. The van der Waals surface area contributed by atoms with Crippen molar-refractivity contribution in [3.05, 3.63) is 59.7 Å². The number of nitrogens with zero attached hydrogens (tertiary/aromatic N) is 1. The Kier molecular flexibility index (Phi) is 5.41. The second-order valence-corrected chi connectivity index (χ2v) is 7.46. The van der Waals surface area contributed by atoms with Gasteiger partial charge in [0.25, 0.3) is 5.91 Å². The molecule has 1 fully saturated rings. The van der Waals surface area contributed by atoms with Crippen LogP contribution in [0.2, 0.25) is 0 Å². The molecule has 2 atom stereocenters. The summed E-state index contributed by atoms with van der Waals surface area (Å²) in [5.74, 6) is 0.0866. The highest BCUT2D eigenvalue weighted by molar-refractivity contribution is 5.93. The number of benzene rings is 2. The average molecular weight is 366 g/mol. The van der Waals surface area contributed by atoms with Gasteiger partial charge in [-0.25, -0.2) is 0 Å². The fourth-order valence-corrected chi connectivity index (χ4v) is 3.98. The van der Waals surface area contributed by atoms with Gasteiger partial charge in [-0.05, 0) is 36.8 Å². The van der Waals surface area contributed by atoms with Gasteiger partial charge in [0.2, 0.25) is 0 Å². The number of rotatable bonds is 4. The molecule has 0 aliphatic carbocycles. The first kappa shape index (κ1) is 18.0. The lowest BCUT2D eigenvalue weighted by Gasteiger charge is -2.30. The molecular weight excluding hydrogens is 338 g/mol. The van der Waals surface area contributed by atoms with Crippen molar-refractivity contribution in [1.82, 2.24) is 0 Å². The van der Waals surface area contributed by atoms with Crippen molar-refractivity contribution >= 4 is 17.3 Å². The highest BCUT2D eigenvalue weighted by Crippen LogP contribution is 2.19. The van der Waals surface area contributed by atoms with Crippen LogP contribution in [0.4, 0.5) is 11.4 Å². The van der Waals surface area contributed by atoms with Gasteiger partial charge in [-0.15, -0.1) is 0 Å². The van der Waals surface area contributed by atoms with Crippen molar-refractivity contribution in [2.45, 2.75) is 25.9 Å². The zero-order valence-corrected chi connectivity index (χ0v) is 15.9. The monoisotopic (exact) mass is 366 g/mol. The maximum absolute atomic E-state index is 12.8. The van der Waals surface area contributed by atoms with Crippen LogP contribution in [0, 0.1) is 0 Å². The first-order valence-corrected chi connectivity index (χ1v) is 9.86. The number of morpholine rings is 1. The van der Waals surface area contributed by atoms with Crippen molar-refractivity contribution < 1.29 is 14.4 Å². The van der Waals surface area contributed by atoms with E-state index in [1.54, 1.807) is 0 Å². The number of ether oxygens (including phenoxy) is 1. The molecule has 4 rings (SSSR count). The summed E-state index contributed by atoms with van der Waals surface area (Å²) >= 11 is 0. The van der Waals surface area contributed by atoms with E-state index in [2.05, 4.69) is 46.6 Å². The van der Waals surface area contributed by atoms with Gasteiger partial charge in [-0.3, -0.25) is 4.79 Å². The number of carbonyl (C=O) groups excluding carboxylic acids is 1. The summed E-state index contributed by atoms with van der Waals surface area (Å²) in [6.07, 6.45) is 1.04. The molecule has 2 aliphatic rings. The average Bonchev–Trinajstić information content (AvgIpc) is 2.74. The predicted octanol–water partition coefficient (Wildman–Crippen LogP) is 1.49. The Morgan fingerprint density at radius 1 is 1.07 bits per heavy atom. The van der Waals surface area contributed by atoms with Crippen LogP contribution in [-0.2, 0) is 22.5 Å². The minimum Gasteiger partial charge on any atom is -0.378 e. The molecule has 2 heterocycles.